The number of thioether (sulfide) groups is 1. The first-order chi connectivity index (χ1) is 16.6. The molecule has 0 saturated carbocycles. The van der Waals surface area contributed by atoms with Gasteiger partial charge >= 0.3 is 0 Å². The molecule has 0 saturated heterocycles. The Morgan fingerprint density at radius 3 is 2.03 bits per heavy atom. The van der Waals surface area contributed by atoms with E-state index < -0.39 is 11.7 Å². The Morgan fingerprint density at radius 2 is 1.38 bits per heavy atom. The van der Waals surface area contributed by atoms with E-state index in [0.29, 0.717) is 5.69 Å². The van der Waals surface area contributed by atoms with Crippen LogP contribution in [0.25, 0.3) is 0 Å². The van der Waals surface area contributed by atoms with E-state index in [2.05, 4.69) is 5.32 Å². The number of carbonyl (C=O) groups excluding carboxylic acids is 2. The van der Waals surface area contributed by atoms with Gasteiger partial charge in [0.05, 0.1) is 22.7 Å². The van der Waals surface area contributed by atoms with Crippen molar-refractivity contribution < 1.29 is 14.0 Å². The zero-order chi connectivity index (χ0) is 23.5. The van der Waals surface area contributed by atoms with Crippen LogP contribution in [0.5, 0.6) is 0 Å². The van der Waals surface area contributed by atoms with Gasteiger partial charge in [-0.15, -0.1) is 11.8 Å². The van der Waals surface area contributed by atoms with E-state index in [1.165, 1.54) is 23.9 Å². The second kappa shape index (κ2) is 9.75. The summed E-state index contributed by atoms with van der Waals surface area (Å²) in [6.07, 6.45) is 0. The van der Waals surface area contributed by atoms with Crippen molar-refractivity contribution in [1.82, 2.24) is 0 Å². The van der Waals surface area contributed by atoms with Gasteiger partial charge in [0, 0.05) is 20.4 Å². The molecule has 0 spiro atoms. The van der Waals surface area contributed by atoms with Gasteiger partial charge in [0.15, 0.2) is 0 Å². The van der Waals surface area contributed by atoms with Crippen LogP contribution in [0.3, 0.4) is 0 Å². The fraction of sp³-hybridized carbons (Fsp3) is 0.0370. The molecule has 4 aromatic carbocycles. The van der Waals surface area contributed by atoms with Crippen LogP contribution in [0.15, 0.2) is 112 Å². The summed E-state index contributed by atoms with van der Waals surface area (Å²) in [4.78, 5) is 30.4. The highest BCUT2D eigenvalue weighted by Crippen LogP contribution is 2.48. The van der Waals surface area contributed by atoms with E-state index in [1.54, 1.807) is 40.9 Å². The smallest absolute Gasteiger partial charge is 0.258 e. The minimum absolute atomic E-state index is 0.00759. The summed E-state index contributed by atoms with van der Waals surface area (Å²) in [6, 6.07) is 28.8. The number of benzene rings is 4. The van der Waals surface area contributed by atoms with E-state index in [0.717, 1.165) is 26.1 Å². The summed E-state index contributed by atoms with van der Waals surface area (Å²) in [5.41, 5.74) is 2.33. The normalized spacial score (nSPS) is 12.0. The lowest BCUT2D eigenvalue weighted by atomic mass is 10.2. The van der Waals surface area contributed by atoms with Crippen LogP contribution in [0.2, 0.25) is 0 Å². The number of nitrogens with one attached hydrogen (secondary N) is 1. The van der Waals surface area contributed by atoms with Crippen LogP contribution in [-0.4, -0.2) is 17.6 Å². The average Bonchev–Trinajstić information content (AvgIpc) is 2.87. The van der Waals surface area contributed by atoms with Crippen molar-refractivity contribution in [1.29, 1.82) is 0 Å². The van der Waals surface area contributed by atoms with Crippen molar-refractivity contribution in [3.8, 4) is 0 Å². The molecule has 2 amide bonds. The number of fused-ring (bicyclic) bond motifs is 2. The highest BCUT2D eigenvalue weighted by atomic mass is 32.2. The molecule has 5 rings (SSSR count). The largest absolute Gasteiger partial charge is 0.322 e. The summed E-state index contributed by atoms with van der Waals surface area (Å²) in [5, 5.41) is 2.70. The van der Waals surface area contributed by atoms with E-state index in [-0.39, 0.29) is 17.2 Å². The number of carbonyl (C=O) groups is 2. The Balaban J connectivity index is 1.27. The zero-order valence-corrected chi connectivity index (χ0v) is 19.5. The average molecular weight is 487 g/mol. The second-order valence-corrected chi connectivity index (χ2v) is 9.65. The summed E-state index contributed by atoms with van der Waals surface area (Å²) >= 11 is 3.09. The van der Waals surface area contributed by atoms with Crippen molar-refractivity contribution in [3.05, 3.63) is 108 Å². The molecule has 4 nitrogen and oxygen atoms in total. The van der Waals surface area contributed by atoms with Gasteiger partial charge in [-0.25, -0.2) is 4.39 Å². The van der Waals surface area contributed by atoms with E-state index in [4.69, 9.17) is 0 Å². The predicted molar refractivity (Wildman–Crippen MR) is 136 cm³/mol. The second-order valence-electron chi connectivity index (χ2n) is 7.51. The fourth-order valence-electron chi connectivity index (χ4n) is 3.66. The molecule has 1 heterocycles. The van der Waals surface area contributed by atoms with Crippen molar-refractivity contribution in [2.45, 2.75) is 14.7 Å². The molecule has 0 unspecified atom stereocenters. The fourth-order valence-corrected chi connectivity index (χ4v) is 5.47. The molecule has 1 aliphatic rings. The van der Waals surface area contributed by atoms with Crippen molar-refractivity contribution in [2.24, 2.45) is 0 Å². The molecule has 4 aromatic rings. The van der Waals surface area contributed by atoms with Crippen LogP contribution in [0, 0.1) is 5.82 Å². The van der Waals surface area contributed by atoms with Gasteiger partial charge < -0.3 is 5.32 Å². The Labute approximate surface area is 205 Å². The highest BCUT2D eigenvalue weighted by Gasteiger charge is 2.27. The third kappa shape index (κ3) is 4.58. The van der Waals surface area contributed by atoms with Gasteiger partial charge in [0.1, 0.15) is 5.82 Å². The van der Waals surface area contributed by atoms with Crippen LogP contribution < -0.4 is 10.2 Å². The van der Waals surface area contributed by atoms with Gasteiger partial charge in [-0.05, 0) is 60.7 Å². The van der Waals surface area contributed by atoms with Gasteiger partial charge in [-0.3, -0.25) is 14.5 Å². The molecular formula is C27H19FN2O2S2. The Hall–Kier alpha value is -3.55. The Kier molecular flexibility index (Phi) is 6.38. The molecule has 1 aliphatic heterocycles. The minimum atomic E-state index is -0.565. The molecule has 168 valence electrons. The molecule has 7 heteroatoms. The molecule has 34 heavy (non-hydrogen) atoms. The maximum absolute atomic E-state index is 13.8. The number of hydrogen-bond acceptors (Lipinski definition) is 4. The third-order valence-corrected chi connectivity index (χ3v) is 7.40. The minimum Gasteiger partial charge on any atom is -0.322 e. The molecule has 0 bridgehead atoms. The maximum atomic E-state index is 13.8. The van der Waals surface area contributed by atoms with Crippen LogP contribution >= 0.6 is 23.5 Å². The zero-order valence-electron chi connectivity index (χ0n) is 17.9. The number of anilines is 3. The number of halogens is 1. The quantitative estimate of drug-likeness (QED) is 0.309. The summed E-state index contributed by atoms with van der Waals surface area (Å²) in [6.45, 7) is 0. The van der Waals surface area contributed by atoms with Gasteiger partial charge in [0.25, 0.3) is 5.91 Å². The summed E-state index contributed by atoms with van der Waals surface area (Å²) in [5.74, 6) is -0.824. The molecule has 0 aliphatic carbocycles. The van der Waals surface area contributed by atoms with Crippen molar-refractivity contribution in [3.63, 3.8) is 0 Å². The van der Waals surface area contributed by atoms with Gasteiger partial charge in [0.2, 0.25) is 5.91 Å². The topological polar surface area (TPSA) is 49.4 Å². The standard InChI is InChI=1S/C27H19FN2O2S2/c28-21-8-2-1-7-20(21)27(32)29-18-13-15-19(16-14-18)33-17-26(31)30-22-9-3-5-11-24(22)34-25-12-6-4-10-23(25)30/h1-16H,17H2,(H,29,32). The number of hydrogen-bond donors (Lipinski definition) is 1. The number of nitrogens with zero attached hydrogens (tertiary/aromatic N) is 1. The maximum Gasteiger partial charge on any atom is 0.258 e. The molecule has 0 radical (unpaired) electrons. The molecule has 0 aromatic heterocycles. The van der Waals surface area contributed by atoms with Crippen LogP contribution in [0.1, 0.15) is 10.4 Å². The lowest BCUT2D eigenvalue weighted by Crippen LogP contribution is -2.29. The van der Waals surface area contributed by atoms with Crippen molar-refractivity contribution >= 4 is 52.4 Å². The molecule has 1 N–H and O–H groups in total. The first kappa shape index (κ1) is 22.3. The van der Waals surface area contributed by atoms with Gasteiger partial charge in [-0.2, -0.15) is 0 Å². The predicted octanol–water partition coefficient (Wildman–Crippen LogP) is 7.00. The molecular weight excluding hydrogens is 467 g/mol. The van der Waals surface area contributed by atoms with Crippen molar-refractivity contribution in [2.75, 3.05) is 16.0 Å². The molecule has 0 atom stereocenters. The van der Waals surface area contributed by atoms with E-state index >= 15 is 0 Å². The lowest BCUT2D eigenvalue weighted by molar-refractivity contribution is -0.115. The first-order valence-corrected chi connectivity index (χ1v) is 12.4. The van der Waals surface area contributed by atoms with E-state index in [1.807, 2.05) is 60.7 Å². The number of para-hydroxylation sites is 2. The van der Waals surface area contributed by atoms with E-state index in [9.17, 15) is 14.0 Å². The van der Waals surface area contributed by atoms with Crippen LogP contribution in [0.4, 0.5) is 21.5 Å². The lowest BCUT2D eigenvalue weighted by Gasteiger charge is -2.31. The number of amides is 2. The molecule has 0 fully saturated rings. The SMILES string of the molecule is O=C(Nc1ccc(SCC(=O)N2c3ccccc3Sc3ccccc32)cc1)c1ccccc1F. The monoisotopic (exact) mass is 486 g/mol. The highest BCUT2D eigenvalue weighted by molar-refractivity contribution is 8.00. The first-order valence-electron chi connectivity index (χ1n) is 10.6. The summed E-state index contributed by atoms with van der Waals surface area (Å²) in [7, 11) is 0. The Bertz CT molecular complexity index is 1330. The van der Waals surface area contributed by atoms with Gasteiger partial charge in [-0.1, -0.05) is 48.2 Å². The summed E-state index contributed by atoms with van der Waals surface area (Å²) < 4.78 is 13.8. The number of rotatable bonds is 5. The third-order valence-electron chi connectivity index (χ3n) is 5.27. The Morgan fingerprint density at radius 1 is 0.794 bits per heavy atom. The van der Waals surface area contributed by atoms with Crippen LogP contribution in [-0.2, 0) is 4.79 Å².